The molecule has 3 nitrogen and oxygen atoms in total. The lowest BCUT2D eigenvalue weighted by molar-refractivity contribution is 0.476. The summed E-state index contributed by atoms with van der Waals surface area (Å²) >= 11 is 3.39. The van der Waals surface area contributed by atoms with Gasteiger partial charge in [0, 0.05) is 17.8 Å². The summed E-state index contributed by atoms with van der Waals surface area (Å²) in [5.41, 5.74) is 1.99. The summed E-state index contributed by atoms with van der Waals surface area (Å²) in [5.74, 6) is 0.280. The van der Waals surface area contributed by atoms with Crippen LogP contribution in [0, 0.1) is 0 Å². The molecule has 68 valence electrons. The van der Waals surface area contributed by atoms with Crippen LogP contribution in [-0.4, -0.2) is 14.9 Å². The van der Waals surface area contributed by atoms with Crippen LogP contribution < -0.4 is 0 Å². The number of aromatic nitrogens is 2. The number of benzene rings is 1. The van der Waals surface area contributed by atoms with E-state index < -0.39 is 0 Å². The highest BCUT2D eigenvalue weighted by atomic mass is 79.9. The maximum Gasteiger partial charge on any atom is 0.116 e. The minimum Gasteiger partial charge on any atom is -0.508 e. The van der Waals surface area contributed by atoms with E-state index in [2.05, 4.69) is 21.0 Å². The molecule has 4 heteroatoms. The largest absolute Gasteiger partial charge is 0.508 e. The maximum absolute atomic E-state index is 9.31. The Bertz CT molecular complexity index is 450. The molecule has 0 saturated heterocycles. The summed E-state index contributed by atoms with van der Waals surface area (Å²) < 4.78 is 1.82. The zero-order chi connectivity index (χ0) is 9.42. The molecule has 0 aliphatic carbocycles. The molecule has 0 spiro atoms. The van der Waals surface area contributed by atoms with Crippen molar-refractivity contribution in [1.82, 2.24) is 9.78 Å². The monoisotopic (exact) mass is 240 g/mol. The molecule has 0 aliphatic heterocycles. The van der Waals surface area contributed by atoms with Crippen molar-refractivity contribution in [2.45, 2.75) is 5.33 Å². The number of aryl methyl sites for hydroxylation is 1. The molecule has 1 heterocycles. The maximum atomic E-state index is 9.31. The lowest BCUT2D eigenvalue weighted by Gasteiger charge is -1.95. The highest BCUT2D eigenvalue weighted by molar-refractivity contribution is 9.08. The van der Waals surface area contributed by atoms with Crippen molar-refractivity contribution in [3.63, 3.8) is 0 Å². The second kappa shape index (κ2) is 3.03. The minimum absolute atomic E-state index is 0.280. The van der Waals surface area contributed by atoms with E-state index in [4.69, 9.17) is 0 Å². The number of rotatable bonds is 1. The molecule has 13 heavy (non-hydrogen) atoms. The number of fused-ring (bicyclic) bond motifs is 1. The Morgan fingerprint density at radius 2 is 2.31 bits per heavy atom. The number of alkyl halides is 1. The van der Waals surface area contributed by atoms with Gasteiger partial charge in [0.15, 0.2) is 0 Å². The van der Waals surface area contributed by atoms with E-state index in [0.717, 1.165) is 21.9 Å². The summed E-state index contributed by atoms with van der Waals surface area (Å²) in [4.78, 5) is 0. The van der Waals surface area contributed by atoms with E-state index in [1.165, 1.54) is 0 Å². The molecule has 0 radical (unpaired) electrons. The van der Waals surface area contributed by atoms with E-state index in [0.29, 0.717) is 0 Å². The highest BCUT2D eigenvalue weighted by Gasteiger charge is 2.07. The smallest absolute Gasteiger partial charge is 0.116 e. The van der Waals surface area contributed by atoms with E-state index in [-0.39, 0.29) is 5.75 Å². The lowest BCUT2D eigenvalue weighted by Crippen LogP contribution is -1.94. The van der Waals surface area contributed by atoms with Crippen LogP contribution in [0.1, 0.15) is 5.69 Å². The van der Waals surface area contributed by atoms with Gasteiger partial charge in [-0.1, -0.05) is 15.9 Å². The number of hydrogen-bond acceptors (Lipinski definition) is 2. The molecule has 0 atom stereocenters. The minimum atomic E-state index is 0.280. The average Bonchev–Trinajstić information content (AvgIpc) is 2.40. The van der Waals surface area contributed by atoms with Crippen LogP contribution >= 0.6 is 15.9 Å². The third kappa shape index (κ3) is 1.31. The molecular weight excluding hydrogens is 232 g/mol. The zero-order valence-corrected chi connectivity index (χ0v) is 8.74. The molecule has 0 fully saturated rings. The number of halogens is 1. The van der Waals surface area contributed by atoms with E-state index in [9.17, 15) is 5.11 Å². The quantitative estimate of drug-likeness (QED) is 0.777. The lowest BCUT2D eigenvalue weighted by atomic mass is 10.2. The Kier molecular flexibility index (Phi) is 2.00. The van der Waals surface area contributed by atoms with Gasteiger partial charge in [0.05, 0.1) is 11.2 Å². The summed E-state index contributed by atoms with van der Waals surface area (Å²) in [6.45, 7) is 0. The molecule has 0 saturated carbocycles. The Labute approximate surface area is 84.1 Å². The molecule has 0 bridgehead atoms. The fourth-order valence-electron chi connectivity index (χ4n) is 1.40. The predicted molar refractivity (Wildman–Crippen MR) is 55.0 cm³/mol. The van der Waals surface area contributed by atoms with Gasteiger partial charge in [0.2, 0.25) is 0 Å². The first-order valence-electron chi connectivity index (χ1n) is 3.93. The van der Waals surface area contributed by atoms with Crippen molar-refractivity contribution in [1.29, 1.82) is 0 Å². The number of phenolic OH excluding ortho intramolecular Hbond substituents is 1. The molecule has 1 aromatic heterocycles. The molecule has 0 amide bonds. The molecule has 2 aromatic rings. The van der Waals surface area contributed by atoms with Crippen molar-refractivity contribution in [3.8, 4) is 5.75 Å². The molecule has 1 N–H and O–H groups in total. The Balaban J connectivity index is 2.80. The molecular formula is C9H9BrN2O. The number of aromatic hydroxyl groups is 1. The van der Waals surface area contributed by atoms with Crippen LogP contribution in [0.5, 0.6) is 5.75 Å². The van der Waals surface area contributed by atoms with Gasteiger partial charge in [-0.2, -0.15) is 5.10 Å². The van der Waals surface area contributed by atoms with Crippen LogP contribution in [0.3, 0.4) is 0 Å². The Morgan fingerprint density at radius 1 is 1.54 bits per heavy atom. The standard InChI is InChI=1S/C9H9BrN2O/c1-12-9(5-10)7-4-6(13)2-3-8(7)11-12/h2-4,13H,5H2,1H3. The fraction of sp³-hybridized carbons (Fsp3) is 0.222. The van der Waals surface area contributed by atoms with Gasteiger partial charge in [-0.3, -0.25) is 4.68 Å². The van der Waals surface area contributed by atoms with Gasteiger partial charge in [0.1, 0.15) is 5.75 Å². The van der Waals surface area contributed by atoms with Gasteiger partial charge in [-0.15, -0.1) is 0 Å². The third-order valence-corrected chi connectivity index (χ3v) is 2.60. The molecule has 0 aliphatic rings. The SMILES string of the molecule is Cn1nc2ccc(O)cc2c1CBr. The summed E-state index contributed by atoms with van der Waals surface area (Å²) in [5, 5.41) is 15.3. The normalized spacial score (nSPS) is 10.9. The van der Waals surface area contributed by atoms with E-state index >= 15 is 0 Å². The van der Waals surface area contributed by atoms with Crippen LogP contribution in [0.25, 0.3) is 10.9 Å². The average molecular weight is 241 g/mol. The van der Waals surface area contributed by atoms with Crippen molar-refractivity contribution < 1.29 is 5.11 Å². The number of hydrogen-bond donors (Lipinski definition) is 1. The Morgan fingerprint density at radius 3 is 3.00 bits per heavy atom. The number of nitrogens with zero attached hydrogens (tertiary/aromatic N) is 2. The highest BCUT2D eigenvalue weighted by Crippen LogP contribution is 2.23. The first-order chi connectivity index (χ1) is 6.22. The second-order valence-electron chi connectivity index (χ2n) is 2.91. The molecule has 2 rings (SSSR count). The van der Waals surface area contributed by atoms with Crippen molar-refractivity contribution in [2.75, 3.05) is 0 Å². The van der Waals surface area contributed by atoms with Crippen LogP contribution in [-0.2, 0) is 12.4 Å². The third-order valence-electron chi connectivity index (χ3n) is 2.07. The first kappa shape index (κ1) is 8.56. The topological polar surface area (TPSA) is 38.0 Å². The van der Waals surface area contributed by atoms with Crippen molar-refractivity contribution >= 4 is 26.8 Å². The van der Waals surface area contributed by atoms with Crippen LogP contribution in [0.2, 0.25) is 0 Å². The number of phenols is 1. The first-order valence-corrected chi connectivity index (χ1v) is 5.05. The van der Waals surface area contributed by atoms with Gasteiger partial charge in [-0.05, 0) is 18.2 Å². The molecule has 1 aromatic carbocycles. The summed E-state index contributed by atoms with van der Waals surface area (Å²) in [6, 6.07) is 5.20. The predicted octanol–water partition coefficient (Wildman–Crippen LogP) is 2.17. The zero-order valence-electron chi connectivity index (χ0n) is 7.16. The van der Waals surface area contributed by atoms with E-state index in [1.54, 1.807) is 12.1 Å². The van der Waals surface area contributed by atoms with Crippen molar-refractivity contribution in [3.05, 3.63) is 23.9 Å². The molecule has 0 unspecified atom stereocenters. The summed E-state index contributed by atoms with van der Waals surface area (Å²) in [6.07, 6.45) is 0. The van der Waals surface area contributed by atoms with E-state index in [1.807, 2.05) is 17.8 Å². The summed E-state index contributed by atoms with van der Waals surface area (Å²) in [7, 11) is 1.90. The van der Waals surface area contributed by atoms with Gasteiger partial charge >= 0.3 is 0 Å². The van der Waals surface area contributed by atoms with Gasteiger partial charge < -0.3 is 5.11 Å². The Hall–Kier alpha value is -1.03. The van der Waals surface area contributed by atoms with Crippen LogP contribution in [0.15, 0.2) is 18.2 Å². The fourth-order valence-corrected chi connectivity index (χ4v) is 2.06. The van der Waals surface area contributed by atoms with Crippen LogP contribution in [0.4, 0.5) is 0 Å². The van der Waals surface area contributed by atoms with Gasteiger partial charge in [0.25, 0.3) is 0 Å². The second-order valence-corrected chi connectivity index (χ2v) is 3.47. The van der Waals surface area contributed by atoms with Gasteiger partial charge in [-0.25, -0.2) is 0 Å². The van der Waals surface area contributed by atoms with Crippen molar-refractivity contribution in [2.24, 2.45) is 7.05 Å².